The molecule has 1 aromatic heterocycles. The summed E-state index contributed by atoms with van der Waals surface area (Å²) in [7, 11) is 0. The number of carbonyl (C=O) groups is 3. The lowest BCUT2D eigenvalue weighted by Gasteiger charge is -2.42. The summed E-state index contributed by atoms with van der Waals surface area (Å²) >= 11 is 0. The maximum absolute atomic E-state index is 14.8. The van der Waals surface area contributed by atoms with Crippen LogP contribution in [0.2, 0.25) is 0 Å². The molecule has 4 N–H and O–H groups in total. The lowest BCUT2D eigenvalue weighted by atomic mass is 9.75. The third kappa shape index (κ3) is 4.69. The Bertz CT molecular complexity index is 1400. The van der Waals surface area contributed by atoms with Crippen LogP contribution in [0.4, 0.5) is 18.9 Å². The smallest absolute Gasteiger partial charge is 0.357 e. The number of rotatable bonds is 8. The zero-order valence-corrected chi connectivity index (χ0v) is 24.5. The van der Waals surface area contributed by atoms with Crippen molar-refractivity contribution in [2.75, 3.05) is 26.6 Å². The molecular formula is C32H42F3N4O4+. The SMILES string of the molecule is NC(=O)[C@@H]1[C@H](C2CCCCC2)CC[N+]1(c1ccc2c(c1)cc1n2C(CF)(CF)OC1=O)C(=O)[C@H]1CC[C@H]([C@H](N)CF)CC1. The molecular weight excluding hydrogens is 561 g/mol. The number of cyclic esters (lactones) is 1. The number of carbonyl (C=O) groups excluding carboxylic acids is 3. The van der Waals surface area contributed by atoms with Crippen molar-refractivity contribution in [2.45, 2.75) is 82.0 Å². The number of nitrogens with zero attached hydrogens (tertiary/aromatic N) is 2. The van der Waals surface area contributed by atoms with Crippen LogP contribution in [0, 0.1) is 23.7 Å². The van der Waals surface area contributed by atoms with Crippen molar-refractivity contribution in [2.24, 2.45) is 35.1 Å². The van der Waals surface area contributed by atoms with Crippen LogP contribution >= 0.6 is 0 Å². The Kier molecular flexibility index (Phi) is 8.08. The summed E-state index contributed by atoms with van der Waals surface area (Å²) in [6.07, 6.45) is 8.38. The van der Waals surface area contributed by atoms with E-state index in [4.69, 9.17) is 16.2 Å². The van der Waals surface area contributed by atoms with Crippen molar-refractivity contribution in [1.82, 2.24) is 9.05 Å². The first kappa shape index (κ1) is 30.1. The topological polar surface area (TPSA) is 117 Å². The molecule has 234 valence electrons. The molecule has 2 aromatic rings. The van der Waals surface area contributed by atoms with Crippen LogP contribution in [-0.4, -0.2) is 61.0 Å². The number of esters is 1. The third-order valence-corrected chi connectivity index (χ3v) is 11.1. The van der Waals surface area contributed by atoms with Gasteiger partial charge in [-0.25, -0.2) is 27.2 Å². The molecule has 1 aromatic carbocycles. The number of likely N-dealkylation sites (tertiary alicyclic amines) is 1. The molecule has 0 radical (unpaired) electrons. The lowest BCUT2D eigenvalue weighted by Crippen LogP contribution is -2.65. The maximum Gasteiger partial charge on any atom is 0.357 e. The highest BCUT2D eigenvalue weighted by Gasteiger charge is 2.61. The minimum atomic E-state index is -2.06. The van der Waals surface area contributed by atoms with E-state index in [1.54, 1.807) is 18.2 Å². The fourth-order valence-electron chi connectivity index (χ4n) is 8.89. The summed E-state index contributed by atoms with van der Waals surface area (Å²) in [4.78, 5) is 40.9. The molecule has 2 saturated carbocycles. The summed E-state index contributed by atoms with van der Waals surface area (Å²) in [6, 6.07) is 5.40. The van der Waals surface area contributed by atoms with Crippen molar-refractivity contribution in [3.63, 3.8) is 0 Å². The molecule has 2 aliphatic carbocycles. The molecule has 1 unspecified atom stereocenters. The van der Waals surface area contributed by atoms with Gasteiger partial charge in [0.1, 0.15) is 18.1 Å². The number of fused-ring (bicyclic) bond motifs is 3. The Labute approximate surface area is 249 Å². The van der Waals surface area contributed by atoms with Gasteiger partial charge in [0.25, 0.3) is 5.91 Å². The molecule has 0 bridgehead atoms. The van der Waals surface area contributed by atoms with Gasteiger partial charge in [-0.05, 0) is 62.5 Å². The molecule has 4 atom stereocenters. The lowest BCUT2D eigenvalue weighted by molar-refractivity contribution is -0.142. The first-order chi connectivity index (χ1) is 20.7. The monoisotopic (exact) mass is 603 g/mol. The number of primary amides is 1. The molecule has 3 fully saturated rings. The van der Waals surface area contributed by atoms with Gasteiger partial charge in [-0.1, -0.05) is 19.3 Å². The minimum absolute atomic E-state index is 0.00844. The molecule has 2 aliphatic heterocycles. The van der Waals surface area contributed by atoms with Gasteiger partial charge in [-0.3, -0.25) is 9.36 Å². The van der Waals surface area contributed by atoms with E-state index in [0.29, 0.717) is 61.2 Å². The number of aromatic nitrogens is 1. The highest BCUT2D eigenvalue weighted by atomic mass is 19.1. The summed E-state index contributed by atoms with van der Waals surface area (Å²) < 4.78 is 47.7. The van der Waals surface area contributed by atoms with Gasteiger partial charge in [0.2, 0.25) is 5.72 Å². The first-order valence-electron chi connectivity index (χ1n) is 15.8. The van der Waals surface area contributed by atoms with Crippen LogP contribution < -0.4 is 16.0 Å². The molecule has 43 heavy (non-hydrogen) atoms. The van der Waals surface area contributed by atoms with E-state index in [9.17, 15) is 27.6 Å². The zero-order chi connectivity index (χ0) is 30.5. The standard InChI is InChI=1S/C32H41F3N4O4/c33-16-25(36)20-6-8-21(9-7-20)30(41)39(13-12-24(28(39)29(37)40)19-4-2-1-3-5-19)23-10-11-26-22(14-23)15-27-31(42)43-32(17-34,18-35)38(26)27/h10-11,14-15,19-21,24-25,28H,1-9,12-13,16-18,36H2,(H-,37,40)/p+1/t20-,21-,24-,25+,28-,39?/m0/s1. The van der Waals surface area contributed by atoms with Gasteiger partial charge >= 0.3 is 11.9 Å². The van der Waals surface area contributed by atoms with E-state index in [-0.39, 0.29) is 33.8 Å². The van der Waals surface area contributed by atoms with Gasteiger partial charge in [-0.2, -0.15) is 0 Å². The highest BCUT2D eigenvalue weighted by molar-refractivity contribution is 6.02. The second-order valence-corrected chi connectivity index (χ2v) is 13.3. The number of nitrogens with two attached hydrogens (primary N) is 2. The predicted octanol–water partition coefficient (Wildman–Crippen LogP) is 4.79. The Balaban J connectivity index is 1.44. The summed E-state index contributed by atoms with van der Waals surface area (Å²) in [6.45, 7) is -2.64. The van der Waals surface area contributed by atoms with Gasteiger partial charge in [-0.15, -0.1) is 0 Å². The van der Waals surface area contributed by atoms with Crippen LogP contribution in [0.3, 0.4) is 0 Å². The normalized spacial score (nSPS) is 31.6. The highest BCUT2D eigenvalue weighted by Crippen LogP contribution is 2.48. The van der Waals surface area contributed by atoms with Crippen LogP contribution in [0.25, 0.3) is 10.9 Å². The summed E-state index contributed by atoms with van der Waals surface area (Å²) in [5.74, 6) is -1.48. The minimum Gasteiger partial charge on any atom is -0.428 e. The van der Waals surface area contributed by atoms with Crippen LogP contribution in [-0.2, 0) is 20.1 Å². The van der Waals surface area contributed by atoms with Gasteiger partial charge in [0, 0.05) is 35.9 Å². The number of ether oxygens (including phenoxy) is 1. The Morgan fingerprint density at radius 1 is 1.00 bits per heavy atom. The fourth-order valence-corrected chi connectivity index (χ4v) is 8.89. The van der Waals surface area contributed by atoms with Gasteiger partial charge in [0.05, 0.1) is 18.0 Å². The Morgan fingerprint density at radius 2 is 1.70 bits per heavy atom. The van der Waals surface area contributed by atoms with E-state index in [0.717, 1.165) is 32.1 Å². The fraction of sp³-hybridized carbons (Fsp3) is 0.656. The number of hydrogen-bond acceptors (Lipinski definition) is 5. The molecule has 11 heteroatoms. The van der Waals surface area contributed by atoms with Crippen LogP contribution in [0.5, 0.6) is 0 Å². The number of amides is 2. The number of alkyl halides is 3. The zero-order valence-electron chi connectivity index (χ0n) is 24.5. The van der Waals surface area contributed by atoms with Crippen molar-refractivity contribution >= 4 is 34.4 Å². The molecule has 2 amide bonds. The molecule has 4 aliphatic rings. The van der Waals surface area contributed by atoms with E-state index in [2.05, 4.69) is 0 Å². The molecule has 8 nitrogen and oxygen atoms in total. The number of halogens is 3. The average molecular weight is 604 g/mol. The quantitative estimate of drug-likeness (QED) is 0.332. The second kappa shape index (κ2) is 11.5. The third-order valence-electron chi connectivity index (χ3n) is 11.1. The molecule has 3 heterocycles. The largest absolute Gasteiger partial charge is 0.428 e. The van der Waals surface area contributed by atoms with E-state index in [1.165, 1.54) is 10.6 Å². The molecule has 1 saturated heterocycles. The van der Waals surface area contributed by atoms with Crippen molar-refractivity contribution in [1.29, 1.82) is 0 Å². The first-order valence-corrected chi connectivity index (χ1v) is 15.8. The maximum atomic E-state index is 14.8. The Hall–Kier alpha value is -2.92. The van der Waals surface area contributed by atoms with Crippen molar-refractivity contribution in [3.05, 3.63) is 30.0 Å². The van der Waals surface area contributed by atoms with Crippen molar-refractivity contribution in [3.8, 4) is 0 Å². The molecule has 0 spiro atoms. The molecule has 6 rings (SSSR count). The van der Waals surface area contributed by atoms with E-state index >= 15 is 0 Å². The number of quaternary nitrogens is 1. The average Bonchev–Trinajstić information content (AvgIpc) is 3.71. The number of hydrogen-bond donors (Lipinski definition) is 2. The summed E-state index contributed by atoms with van der Waals surface area (Å²) in [5.41, 5.74) is 11.2. The van der Waals surface area contributed by atoms with E-state index < -0.39 is 49.7 Å². The predicted molar refractivity (Wildman–Crippen MR) is 156 cm³/mol. The summed E-state index contributed by atoms with van der Waals surface area (Å²) in [5, 5.41) is 0.530. The Morgan fingerprint density at radius 3 is 2.33 bits per heavy atom. The van der Waals surface area contributed by atoms with Gasteiger partial charge in [0.15, 0.2) is 19.4 Å². The van der Waals surface area contributed by atoms with E-state index in [1.807, 2.05) is 0 Å². The van der Waals surface area contributed by atoms with Crippen LogP contribution in [0.15, 0.2) is 24.3 Å². The van der Waals surface area contributed by atoms with Crippen molar-refractivity contribution < 1.29 is 32.3 Å². The second-order valence-electron chi connectivity index (χ2n) is 13.3. The van der Waals surface area contributed by atoms with Gasteiger partial charge < -0.3 is 16.2 Å². The van der Waals surface area contributed by atoms with Crippen LogP contribution in [0.1, 0.15) is 74.7 Å². The number of benzene rings is 1.